The van der Waals surface area contributed by atoms with Gasteiger partial charge in [0.2, 0.25) is 0 Å². The van der Waals surface area contributed by atoms with Gasteiger partial charge in [-0.25, -0.2) is 4.98 Å². The highest BCUT2D eigenvalue weighted by Crippen LogP contribution is 2.46. The number of hydrogen-bond donors (Lipinski definition) is 1. The van der Waals surface area contributed by atoms with Gasteiger partial charge in [0, 0.05) is 28.4 Å². The maximum absolute atomic E-state index is 12.6. The van der Waals surface area contributed by atoms with E-state index in [9.17, 15) is 6.48 Å². The summed E-state index contributed by atoms with van der Waals surface area (Å²) in [6.07, 6.45) is -0.453. The molecule has 0 saturated carbocycles. The first-order valence-electron chi connectivity index (χ1n) is 25.3. The molecule has 8 rings (SSSR count). The molecule has 0 fully saturated rings. The number of imidazole rings is 1. The van der Waals surface area contributed by atoms with Gasteiger partial charge in [-0.1, -0.05) is 173 Å². The van der Waals surface area contributed by atoms with Crippen LogP contribution in [0.5, 0.6) is 5.75 Å². The summed E-state index contributed by atoms with van der Waals surface area (Å²) in [5.74, 6) is 0.722. The molecule has 2 aromatic heterocycles. The van der Waals surface area contributed by atoms with Crippen molar-refractivity contribution in [3.8, 4) is 67.5 Å². The quantitative estimate of drug-likeness (QED) is 0.181. The van der Waals surface area contributed by atoms with Crippen LogP contribution in [-0.2, 0) is 21.7 Å². The van der Waals surface area contributed by atoms with Crippen molar-refractivity contribution in [3.05, 3.63) is 167 Å². The van der Waals surface area contributed by atoms with Gasteiger partial charge in [-0.15, -0.1) is 0 Å². The summed E-state index contributed by atoms with van der Waals surface area (Å²) < 4.78 is 64.5. The van der Waals surface area contributed by atoms with Crippen LogP contribution < -0.4 is 0 Å². The van der Waals surface area contributed by atoms with E-state index in [1.54, 1.807) is 0 Å². The van der Waals surface area contributed by atoms with Crippen molar-refractivity contribution in [2.75, 3.05) is 0 Å². The molecule has 0 aliphatic rings. The standard InChI is InChI=1S/C59H63N3O/c1-37-22-24-38(25-23-37)40-28-29-60-50(33-40)42-30-41(31-44(32-42)57(5,6)7)46-20-17-21-52-53(46)61-55(48-35-45(58(8,9)10)36-49(54(48)63)59(11,12)13)62(52)51-27-26-43(56(2,3)4)34-47(51)39-18-15-14-16-19-39/h14-36,63H,1-13H3/i22D,23D,24D,25D,28D,29D,33D. The zero-order valence-electron chi connectivity index (χ0n) is 46.0. The molecule has 0 radical (unpaired) electrons. The smallest absolute Gasteiger partial charge is 0.149 e. The molecule has 4 heteroatoms. The van der Waals surface area contributed by atoms with Gasteiger partial charge in [0.05, 0.1) is 37.6 Å². The Morgan fingerprint density at radius 2 is 1.16 bits per heavy atom. The predicted octanol–water partition coefficient (Wildman–Crippen LogP) is 16.0. The molecule has 8 aromatic rings. The molecule has 320 valence electrons. The highest BCUT2D eigenvalue weighted by molar-refractivity contribution is 5.98. The zero-order chi connectivity index (χ0) is 51.3. The van der Waals surface area contributed by atoms with E-state index in [0.29, 0.717) is 22.5 Å². The van der Waals surface area contributed by atoms with Crippen molar-refractivity contribution in [3.63, 3.8) is 0 Å². The van der Waals surface area contributed by atoms with Crippen LogP contribution in [0.15, 0.2) is 139 Å². The zero-order valence-corrected chi connectivity index (χ0v) is 39.0. The SMILES string of the molecule is [2H]c1nc(-c2cc(-c3cccc4c3nc(-c3cc(C(C)(C)C)cc(C(C)(C)C)c3O)n4-c3ccc(C(C)(C)C)cc3-c3ccccc3)cc(C(C)(C)C)c2)c([2H])c(-c2c([2H])c([2H])c(C)c([2H])c2[2H])c1[2H]. The summed E-state index contributed by atoms with van der Waals surface area (Å²) in [5.41, 5.74) is 9.51. The lowest BCUT2D eigenvalue weighted by atomic mass is 9.79. The number of nitrogens with zero attached hydrogens (tertiary/aromatic N) is 3. The number of aromatic nitrogens is 3. The van der Waals surface area contributed by atoms with E-state index in [2.05, 4.69) is 147 Å². The van der Waals surface area contributed by atoms with Crippen LogP contribution in [0, 0.1) is 6.92 Å². The second-order valence-electron chi connectivity index (χ2n) is 21.0. The van der Waals surface area contributed by atoms with Crippen LogP contribution in [0.3, 0.4) is 0 Å². The number of pyridine rings is 1. The van der Waals surface area contributed by atoms with Crippen LogP contribution in [0.2, 0.25) is 0 Å². The number of phenolic OH excluding ortho intramolecular Hbond substituents is 1. The normalized spacial score (nSPS) is 14.1. The fourth-order valence-electron chi connectivity index (χ4n) is 8.04. The van der Waals surface area contributed by atoms with Gasteiger partial charge in [0.15, 0.2) is 0 Å². The van der Waals surface area contributed by atoms with E-state index in [-0.39, 0.29) is 69.2 Å². The number of rotatable bonds is 6. The van der Waals surface area contributed by atoms with Crippen molar-refractivity contribution in [2.24, 2.45) is 0 Å². The van der Waals surface area contributed by atoms with Crippen LogP contribution in [0.4, 0.5) is 0 Å². The summed E-state index contributed by atoms with van der Waals surface area (Å²) in [5, 5.41) is 12.6. The monoisotopic (exact) mass is 837 g/mol. The Bertz CT molecular complexity index is 3370. The molecule has 1 N–H and O–H groups in total. The van der Waals surface area contributed by atoms with Crippen molar-refractivity contribution < 1.29 is 14.7 Å². The first-order valence-corrected chi connectivity index (χ1v) is 21.8. The van der Waals surface area contributed by atoms with Crippen molar-refractivity contribution >= 4 is 11.0 Å². The molecule has 2 heterocycles. The lowest BCUT2D eigenvalue weighted by Crippen LogP contribution is -2.17. The third-order valence-corrected chi connectivity index (χ3v) is 11.9. The average molecular weight is 837 g/mol. The largest absolute Gasteiger partial charge is 0.507 e. The van der Waals surface area contributed by atoms with Crippen LogP contribution in [0.1, 0.15) is 120 Å². The third kappa shape index (κ3) is 8.61. The average Bonchev–Trinajstić information content (AvgIpc) is 3.68. The molecule has 0 amide bonds. The Balaban J connectivity index is 1.49. The molecule has 63 heavy (non-hydrogen) atoms. The first-order chi connectivity index (χ1) is 32.5. The van der Waals surface area contributed by atoms with Crippen molar-refractivity contribution in [2.45, 2.75) is 112 Å². The Hall–Kier alpha value is -6.26. The van der Waals surface area contributed by atoms with E-state index < -0.39 is 23.0 Å². The minimum absolute atomic E-state index is 0.0734. The van der Waals surface area contributed by atoms with Gasteiger partial charge in [-0.05, 0) is 116 Å². The lowest BCUT2D eigenvalue weighted by Gasteiger charge is -2.28. The van der Waals surface area contributed by atoms with Crippen LogP contribution in [-0.4, -0.2) is 19.6 Å². The van der Waals surface area contributed by atoms with E-state index in [0.717, 1.165) is 50.1 Å². The van der Waals surface area contributed by atoms with E-state index in [1.807, 2.05) is 42.5 Å². The van der Waals surface area contributed by atoms with E-state index in [4.69, 9.17) is 13.2 Å². The number of hydrogen-bond acceptors (Lipinski definition) is 3. The third-order valence-electron chi connectivity index (χ3n) is 11.9. The maximum Gasteiger partial charge on any atom is 0.149 e. The second kappa shape index (κ2) is 15.8. The fourth-order valence-corrected chi connectivity index (χ4v) is 8.04. The first kappa shape index (κ1) is 35.2. The molecule has 0 aliphatic carbocycles. The number of benzene rings is 6. The highest BCUT2D eigenvalue weighted by Gasteiger charge is 2.30. The van der Waals surface area contributed by atoms with E-state index >= 15 is 0 Å². The second-order valence-corrected chi connectivity index (χ2v) is 21.0. The Morgan fingerprint density at radius 1 is 0.524 bits per heavy atom. The number of aromatic hydroxyl groups is 1. The summed E-state index contributed by atoms with van der Waals surface area (Å²) >= 11 is 0. The number of fused-ring (bicyclic) bond motifs is 1. The number of para-hydroxylation sites is 1. The maximum atomic E-state index is 12.6. The lowest BCUT2D eigenvalue weighted by molar-refractivity contribution is 0.446. The van der Waals surface area contributed by atoms with Crippen LogP contribution >= 0.6 is 0 Å². The molecule has 0 spiro atoms. The van der Waals surface area contributed by atoms with Gasteiger partial charge >= 0.3 is 0 Å². The molecule has 0 atom stereocenters. The topological polar surface area (TPSA) is 50.9 Å². The summed E-state index contributed by atoms with van der Waals surface area (Å²) in [4.78, 5) is 10.1. The highest BCUT2D eigenvalue weighted by atomic mass is 16.3. The Kier molecular flexibility index (Phi) is 8.85. The van der Waals surface area contributed by atoms with E-state index in [1.165, 1.54) is 12.5 Å². The predicted molar refractivity (Wildman–Crippen MR) is 267 cm³/mol. The van der Waals surface area contributed by atoms with Crippen molar-refractivity contribution in [1.29, 1.82) is 0 Å². The van der Waals surface area contributed by atoms with Gasteiger partial charge in [0.1, 0.15) is 11.6 Å². The molecule has 4 nitrogen and oxygen atoms in total. The van der Waals surface area contributed by atoms with Crippen molar-refractivity contribution in [1.82, 2.24) is 14.5 Å². The Labute approximate surface area is 385 Å². The van der Waals surface area contributed by atoms with Gasteiger partial charge in [-0.2, -0.15) is 0 Å². The molecule has 0 bridgehead atoms. The van der Waals surface area contributed by atoms with Gasteiger partial charge < -0.3 is 5.11 Å². The summed E-state index contributed by atoms with van der Waals surface area (Å²) in [6.45, 7) is 27.3. The molecule has 0 unspecified atom stereocenters. The fraction of sp³-hybridized carbons (Fsp3) is 0.288. The summed E-state index contributed by atoms with van der Waals surface area (Å²) in [6, 6.07) is 31.1. The van der Waals surface area contributed by atoms with Gasteiger partial charge in [0.25, 0.3) is 0 Å². The molecule has 0 aliphatic heterocycles. The molecular formula is C59H63N3O. The van der Waals surface area contributed by atoms with Gasteiger partial charge in [-0.3, -0.25) is 9.55 Å². The molecule has 0 saturated heterocycles. The minimum Gasteiger partial charge on any atom is -0.507 e. The van der Waals surface area contributed by atoms with Crippen LogP contribution in [0.25, 0.3) is 72.7 Å². The molecule has 6 aromatic carbocycles. The molecular weight excluding hydrogens is 767 g/mol. The number of phenols is 1. The minimum atomic E-state index is -0.453. The Morgan fingerprint density at radius 3 is 1.81 bits per heavy atom. The summed E-state index contributed by atoms with van der Waals surface area (Å²) in [7, 11) is 0.